The summed E-state index contributed by atoms with van der Waals surface area (Å²) in [6.07, 6.45) is -3.07. The highest BCUT2D eigenvalue weighted by Gasteiger charge is 2.32. The summed E-state index contributed by atoms with van der Waals surface area (Å²) in [7, 11) is 0. The second-order valence-electron chi connectivity index (χ2n) is 5.16. The quantitative estimate of drug-likeness (QED) is 0.760. The Morgan fingerprint density at radius 3 is 2.57 bits per heavy atom. The SMILES string of the molecule is C=CC(=O)CC(c1cccc(C(F)(F)F)c1)N1CCOCC1.Cl. The molecule has 0 radical (unpaired) electrons. The van der Waals surface area contributed by atoms with Crippen molar-refractivity contribution in [3.05, 3.63) is 48.0 Å². The third-order valence-electron chi connectivity index (χ3n) is 3.71. The molecule has 0 amide bonds. The average Bonchev–Trinajstić information content (AvgIpc) is 2.52. The van der Waals surface area contributed by atoms with Crippen molar-refractivity contribution in [3.63, 3.8) is 0 Å². The minimum atomic E-state index is -4.39. The number of morpholine rings is 1. The van der Waals surface area contributed by atoms with Crippen LogP contribution in [-0.4, -0.2) is 37.0 Å². The van der Waals surface area contributed by atoms with Gasteiger partial charge in [-0.3, -0.25) is 9.69 Å². The monoisotopic (exact) mass is 349 g/mol. The lowest BCUT2D eigenvalue weighted by molar-refractivity contribution is -0.137. The van der Waals surface area contributed by atoms with Crippen molar-refractivity contribution in [2.75, 3.05) is 26.3 Å². The fraction of sp³-hybridized carbons (Fsp3) is 0.438. The third kappa shape index (κ3) is 5.34. The van der Waals surface area contributed by atoms with Crippen LogP contribution in [0, 0.1) is 0 Å². The van der Waals surface area contributed by atoms with Gasteiger partial charge in [0.25, 0.3) is 0 Å². The molecule has 128 valence electrons. The van der Waals surface area contributed by atoms with Crippen molar-refractivity contribution in [2.24, 2.45) is 0 Å². The molecule has 3 nitrogen and oxygen atoms in total. The van der Waals surface area contributed by atoms with Crippen molar-refractivity contribution in [2.45, 2.75) is 18.6 Å². The zero-order chi connectivity index (χ0) is 16.2. The first-order valence-electron chi connectivity index (χ1n) is 7.06. The summed E-state index contributed by atoms with van der Waals surface area (Å²) in [6.45, 7) is 5.64. The maximum absolute atomic E-state index is 12.9. The zero-order valence-electron chi connectivity index (χ0n) is 12.5. The molecular weight excluding hydrogens is 331 g/mol. The Morgan fingerprint density at radius 1 is 1.35 bits per heavy atom. The van der Waals surface area contributed by atoms with Crippen LogP contribution in [0.25, 0.3) is 0 Å². The van der Waals surface area contributed by atoms with E-state index in [1.165, 1.54) is 12.1 Å². The zero-order valence-corrected chi connectivity index (χ0v) is 13.3. The van der Waals surface area contributed by atoms with E-state index in [2.05, 4.69) is 6.58 Å². The van der Waals surface area contributed by atoms with Crippen molar-refractivity contribution >= 4 is 18.2 Å². The van der Waals surface area contributed by atoms with E-state index < -0.39 is 17.8 Å². The van der Waals surface area contributed by atoms with Gasteiger partial charge in [0.2, 0.25) is 0 Å². The fourth-order valence-electron chi connectivity index (χ4n) is 2.54. The van der Waals surface area contributed by atoms with E-state index in [0.717, 1.165) is 12.1 Å². The molecule has 1 fully saturated rings. The van der Waals surface area contributed by atoms with Crippen molar-refractivity contribution < 1.29 is 22.7 Å². The van der Waals surface area contributed by atoms with Gasteiger partial charge in [-0.1, -0.05) is 18.7 Å². The minimum Gasteiger partial charge on any atom is -0.379 e. The summed E-state index contributed by atoms with van der Waals surface area (Å²) in [5.74, 6) is -0.186. The number of halogens is 4. The maximum atomic E-state index is 12.9. The highest BCUT2D eigenvalue weighted by atomic mass is 35.5. The Kier molecular flexibility index (Phi) is 7.25. The Labute approximate surface area is 139 Å². The van der Waals surface area contributed by atoms with Gasteiger partial charge in [0, 0.05) is 25.6 Å². The topological polar surface area (TPSA) is 29.5 Å². The number of nitrogens with zero attached hydrogens (tertiary/aromatic N) is 1. The van der Waals surface area contributed by atoms with Crippen LogP contribution in [0.2, 0.25) is 0 Å². The number of hydrogen-bond acceptors (Lipinski definition) is 3. The van der Waals surface area contributed by atoms with E-state index in [0.29, 0.717) is 31.9 Å². The van der Waals surface area contributed by atoms with E-state index in [-0.39, 0.29) is 24.6 Å². The van der Waals surface area contributed by atoms with Crippen LogP contribution < -0.4 is 0 Å². The van der Waals surface area contributed by atoms with Gasteiger partial charge in [-0.15, -0.1) is 12.4 Å². The van der Waals surface area contributed by atoms with Gasteiger partial charge in [-0.2, -0.15) is 13.2 Å². The standard InChI is InChI=1S/C16H18F3NO2.ClH/c1-2-14(21)11-15(20-6-8-22-9-7-20)12-4-3-5-13(10-12)16(17,18)19;/h2-5,10,15H,1,6-9,11H2;1H. The molecule has 0 spiro atoms. The lowest BCUT2D eigenvalue weighted by Gasteiger charge is -2.34. The van der Waals surface area contributed by atoms with Gasteiger partial charge in [0.1, 0.15) is 0 Å². The number of carbonyl (C=O) groups excluding carboxylic acids is 1. The molecule has 1 unspecified atom stereocenters. The smallest absolute Gasteiger partial charge is 0.379 e. The number of carbonyl (C=O) groups is 1. The molecule has 1 heterocycles. The molecular formula is C16H19ClF3NO2. The van der Waals surface area contributed by atoms with Crippen LogP contribution in [0.3, 0.4) is 0 Å². The molecule has 0 saturated carbocycles. The fourth-order valence-corrected chi connectivity index (χ4v) is 2.54. The lowest BCUT2D eigenvalue weighted by Crippen LogP contribution is -2.39. The summed E-state index contributed by atoms with van der Waals surface area (Å²) in [6, 6.07) is 4.78. The van der Waals surface area contributed by atoms with E-state index in [1.54, 1.807) is 6.07 Å². The first kappa shape index (κ1) is 19.7. The van der Waals surface area contributed by atoms with Gasteiger partial charge in [-0.05, 0) is 23.8 Å². The van der Waals surface area contributed by atoms with Crippen LogP contribution in [0.5, 0.6) is 0 Å². The van der Waals surface area contributed by atoms with E-state index in [1.807, 2.05) is 4.90 Å². The van der Waals surface area contributed by atoms with E-state index in [4.69, 9.17) is 4.74 Å². The van der Waals surface area contributed by atoms with Crippen LogP contribution in [0.4, 0.5) is 13.2 Å². The number of ether oxygens (including phenoxy) is 1. The number of rotatable bonds is 5. The van der Waals surface area contributed by atoms with Crippen molar-refractivity contribution in [1.29, 1.82) is 0 Å². The van der Waals surface area contributed by atoms with Gasteiger partial charge >= 0.3 is 6.18 Å². The van der Waals surface area contributed by atoms with Crippen LogP contribution in [0.15, 0.2) is 36.9 Å². The van der Waals surface area contributed by atoms with Crippen molar-refractivity contribution in [3.8, 4) is 0 Å². The second kappa shape index (κ2) is 8.47. The van der Waals surface area contributed by atoms with Crippen LogP contribution in [0.1, 0.15) is 23.6 Å². The summed E-state index contributed by atoms with van der Waals surface area (Å²) in [5.41, 5.74) is -0.207. The first-order valence-corrected chi connectivity index (χ1v) is 7.06. The molecule has 0 N–H and O–H groups in total. The second-order valence-corrected chi connectivity index (χ2v) is 5.16. The molecule has 0 bridgehead atoms. The van der Waals surface area contributed by atoms with Crippen molar-refractivity contribution in [1.82, 2.24) is 4.90 Å². The van der Waals surface area contributed by atoms with Crippen LogP contribution in [-0.2, 0) is 15.7 Å². The maximum Gasteiger partial charge on any atom is 0.416 e. The lowest BCUT2D eigenvalue weighted by atomic mass is 9.97. The Bertz CT molecular complexity index is 542. The summed E-state index contributed by atoms with van der Waals surface area (Å²) >= 11 is 0. The minimum absolute atomic E-state index is 0. The molecule has 1 saturated heterocycles. The number of allylic oxidation sites excluding steroid dienone is 1. The summed E-state index contributed by atoms with van der Waals surface area (Å²) in [4.78, 5) is 13.7. The predicted molar refractivity (Wildman–Crippen MR) is 83.6 cm³/mol. The molecule has 1 atom stereocenters. The Balaban J connectivity index is 0.00000264. The number of benzene rings is 1. The van der Waals surface area contributed by atoms with Gasteiger partial charge < -0.3 is 4.74 Å². The predicted octanol–water partition coefficient (Wildman–Crippen LogP) is 3.65. The van der Waals surface area contributed by atoms with Gasteiger partial charge in [0.05, 0.1) is 18.8 Å². The normalized spacial score (nSPS) is 17.2. The molecule has 2 rings (SSSR count). The Hall–Kier alpha value is -1.37. The molecule has 0 aromatic heterocycles. The number of alkyl halides is 3. The molecule has 1 aliphatic rings. The highest BCUT2D eigenvalue weighted by Crippen LogP contribution is 2.33. The van der Waals surface area contributed by atoms with E-state index >= 15 is 0 Å². The molecule has 1 aromatic carbocycles. The number of ketones is 1. The average molecular weight is 350 g/mol. The molecule has 7 heteroatoms. The highest BCUT2D eigenvalue weighted by molar-refractivity contribution is 5.89. The molecule has 0 aliphatic carbocycles. The van der Waals surface area contributed by atoms with Crippen LogP contribution >= 0.6 is 12.4 Å². The number of hydrogen-bond donors (Lipinski definition) is 0. The molecule has 1 aromatic rings. The summed E-state index contributed by atoms with van der Waals surface area (Å²) < 4.78 is 43.9. The van der Waals surface area contributed by atoms with Gasteiger partial charge in [-0.25, -0.2) is 0 Å². The van der Waals surface area contributed by atoms with E-state index in [9.17, 15) is 18.0 Å². The Morgan fingerprint density at radius 2 is 2.00 bits per heavy atom. The molecule has 23 heavy (non-hydrogen) atoms. The summed E-state index contributed by atoms with van der Waals surface area (Å²) in [5, 5.41) is 0. The third-order valence-corrected chi connectivity index (χ3v) is 3.71. The first-order chi connectivity index (χ1) is 10.4. The largest absolute Gasteiger partial charge is 0.416 e. The van der Waals surface area contributed by atoms with Gasteiger partial charge in [0.15, 0.2) is 5.78 Å². The molecule has 1 aliphatic heterocycles.